The summed E-state index contributed by atoms with van der Waals surface area (Å²) in [7, 11) is 0. The van der Waals surface area contributed by atoms with Crippen molar-refractivity contribution in [2.24, 2.45) is 0 Å². The van der Waals surface area contributed by atoms with Gasteiger partial charge in [0.1, 0.15) is 0 Å². The van der Waals surface area contributed by atoms with Crippen LogP contribution in [0.25, 0.3) is 0 Å². The summed E-state index contributed by atoms with van der Waals surface area (Å²) in [5.74, 6) is 0.668. The highest BCUT2D eigenvalue weighted by Gasteiger charge is 1.95. The molecule has 0 rings (SSSR count). The van der Waals surface area contributed by atoms with Gasteiger partial charge >= 0.3 is 0 Å². The number of hydrogen-bond acceptors (Lipinski definition) is 3. The van der Waals surface area contributed by atoms with Crippen LogP contribution in [0.15, 0.2) is 0 Å². The molecule has 1 N–H and O–H groups in total. The Bertz CT molecular complexity index is 49.7. The average molecular weight is 136 g/mol. The summed E-state index contributed by atoms with van der Waals surface area (Å²) in [5.41, 5.74) is 0. The largest absolute Gasteiger partial charge is 0.394 e. The molecule has 0 aromatic heterocycles. The Balaban J connectivity index is 2.86. The normalized spacial score (nSPS) is 13.9. The second-order valence-electron chi connectivity index (χ2n) is 1.57. The zero-order valence-corrected chi connectivity index (χ0v) is 6.07. The Morgan fingerprint density at radius 1 is 1.75 bits per heavy atom. The van der Waals surface area contributed by atoms with E-state index in [1.54, 1.807) is 11.8 Å². The first-order chi connectivity index (χ1) is 3.81. The Kier molecular flexibility index (Phi) is 5.59. The lowest BCUT2D eigenvalue weighted by molar-refractivity contribution is 0.0532. The molecular formula is C5H12O2S. The van der Waals surface area contributed by atoms with E-state index in [2.05, 4.69) is 0 Å². The molecule has 50 valence electrons. The van der Waals surface area contributed by atoms with E-state index < -0.39 is 0 Å². The maximum Gasteiger partial charge on any atom is 0.0922 e. The molecule has 0 aliphatic heterocycles. The van der Waals surface area contributed by atoms with E-state index in [1.165, 1.54) is 0 Å². The maximum absolute atomic E-state index is 8.43. The number of ether oxygens (including phenoxy) is 1. The van der Waals surface area contributed by atoms with Crippen molar-refractivity contribution in [3.63, 3.8) is 0 Å². The first kappa shape index (κ1) is 8.27. The molecule has 0 amide bonds. The summed E-state index contributed by atoms with van der Waals surface area (Å²) in [6, 6.07) is 0. The highest BCUT2D eigenvalue weighted by Crippen LogP contribution is 1.96. The zero-order valence-electron chi connectivity index (χ0n) is 5.26. The van der Waals surface area contributed by atoms with Gasteiger partial charge in [0.15, 0.2) is 0 Å². The molecule has 8 heavy (non-hydrogen) atoms. The van der Waals surface area contributed by atoms with Crippen molar-refractivity contribution in [2.75, 3.05) is 18.8 Å². The van der Waals surface area contributed by atoms with Gasteiger partial charge in [-0.3, -0.25) is 0 Å². The molecule has 1 atom stereocenters. The molecular weight excluding hydrogens is 124 g/mol. The fourth-order valence-corrected chi connectivity index (χ4v) is 0.605. The van der Waals surface area contributed by atoms with Crippen LogP contribution in [0.3, 0.4) is 0 Å². The van der Waals surface area contributed by atoms with E-state index in [0.29, 0.717) is 5.94 Å². The summed E-state index contributed by atoms with van der Waals surface area (Å²) in [5, 5.41) is 8.43. The van der Waals surface area contributed by atoms with Crippen molar-refractivity contribution in [3.8, 4) is 0 Å². The molecule has 0 saturated heterocycles. The second-order valence-corrected chi connectivity index (χ2v) is 2.38. The van der Waals surface area contributed by atoms with Crippen LogP contribution in [0.4, 0.5) is 0 Å². The van der Waals surface area contributed by atoms with Gasteiger partial charge in [0.25, 0.3) is 0 Å². The van der Waals surface area contributed by atoms with Gasteiger partial charge in [-0.2, -0.15) is 0 Å². The smallest absolute Gasteiger partial charge is 0.0922 e. The van der Waals surface area contributed by atoms with Crippen LogP contribution in [0.5, 0.6) is 0 Å². The van der Waals surface area contributed by atoms with Crippen molar-refractivity contribution in [1.29, 1.82) is 0 Å². The van der Waals surface area contributed by atoms with Crippen LogP contribution in [0.1, 0.15) is 6.92 Å². The lowest BCUT2D eigenvalue weighted by Gasteiger charge is -2.06. The van der Waals surface area contributed by atoms with Gasteiger partial charge in [0.2, 0.25) is 0 Å². The molecule has 3 heteroatoms. The molecule has 0 aliphatic carbocycles. The van der Waals surface area contributed by atoms with Gasteiger partial charge in [-0.05, 0) is 13.2 Å². The molecule has 0 aromatic carbocycles. The van der Waals surface area contributed by atoms with Crippen LogP contribution < -0.4 is 0 Å². The molecule has 2 nitrogen and oxygen atoms in total. The predicted molar refractivity (Wildman–Crippen MR) is 36.0 cm³/mol. The van der Waals surface area contributed by atoms with Crippen molar-refractivity contribution in [1.82, 2.24) is 0 Å². The van der Waals surface area contributed by atoms with E-state index >= 15 is 0 Å². The standard InChI is InChI=1S/C5H12O2S/c1-5(3-6)7-4-8-2/h5-6H,3-4H2,1-2H3. The van der Waals surface area contributed by atoms with Gasteiger partial charge in [-0.25, -0.2) is 0 Å². The number of thioether (sulfide) groups is 1. The van der Waals surface area contributed by atoms with E-state index in [1.807, 2.05) is 13.2 Å². The topological polar surface area (TPSA) is 29.5 Å². The monoisotopic (exact) mass is 136 g/mol. The fourth-order valence-electron chi connectivity index (χ4n) is 0.237. The third-order valence-electron chi connectivity index (χ3n) is 0.728. The van der Waals surface area contributed by atoms with Gasteiger partial charge in [0.05, 0.1) is 18.6 Å². The number of rotatable bonds is 4. The molecule has 0 aromatic rings. The fraction of sp³-hybridized carbons (Fsp3) is 1.00. The highest BCUT2D eigenvalue weighted by molar-refractivity contribution is 7.98. The minimum atomic E-state index is -0.0116. The van der Waals surface area contributed by atoms with E-state index in [-0.39, 0.29) is 12.7 Å². The Morgan fingerprint density at radius 2 is 2.38 bits per heavy atom. The summed E-state index contributed by atoms with van der Waals surface area (Å²) < 4.78 is 5.05. The summed E-state index contributed by atoms with van der Waals surface area (Å²) in [4.78, 5) is 0. The number of aliphatic hydroxyl groups is 1. The molecule has 0 aliphatic rings. The quantitative estimate of drug-likeness (QED) is 0.577. The van der Waals surface area contributed by atoms with Gasteiger partial charge in [0, 0.05) is 0 Å². The molecule has 0 heterocycles. The molecule has 1 unspecified atom stereocenters. The van der Waals surface area contributed by atoms with Crippen molar-refractivity contribution in [2.45, 2.75) is 13.0 Å². The first-order valence-electron chi connectivity index (χ1n) is 2.52. The Hall–Kier alpha value is 0.270. The Labute approximate surface area is 54.2 Å². The second kappa shape index (κ2) is 5.41. The van der Waals surface area contributed by atoms with Crippen LogP contribution >= 0.6 is 11.8 Å². The first-order valence-corrected chi connectivity index (χ1v) is 3.92. The molecule has 0 fully saturated rings. The number of hydrogen-bond donors (Lipinski definition) is 1. The van der Waals surface area contributed by atoms with Crippen molar-refractivity contribution >= 4 is 11.8 Å². The minimum absolute atomic E-state index is 0.0116. The van der Waals surface area contributed by atoms with Crippen LogP contribution in [0.2, 0.25) is 0 Å². The zero-order chi connectivity index (χ0) is 6.41. The third kappa shape index (κ3) is 4.43. The molecule has 0 spiro atoms. The van der Waals surface area contributed by atoms with Gasteiger partial charge < -0.3 is 9.84 Å². The van der Waals surface area contributed by atoms with Crippen LogP contribution in [-0.2, 0) is 4.74 Å². The van der Waals surface area contributed by atoms with Gasteiger partial charge in [-0.15, -0.1) is 11.8 Å². The maximum atomic E-state index is 8.43. The van der Waals surface area contributed by atoms with Crippen molar-refractivity contribution < 1.29 is 9.84 Å². The highest BCUT2D eigenvalue weighted by atomic mass is 32.2. The summed E-state index contributed by atoms with van der Waals surface area (Å²) in [6.07, 6.45) is 1.95. The number of aliphatic hydroxyl groups excluding tert-OH is 1. The predicted octanol–water partition coefficient (Wildman–Crippen LogP) is 0.704. The SMILES string of the molecule is CSCOC(C)CO. The third-order valence-corrected chi connectivity index (χ3v) is 1.10. The lowest BCUT2D eigenvalue weighted by atomic mass is 10.4. The molecule has 0 radical (unpaired) electrons. The summed E-state index contributed by atoms with van der Waals surface area (Å²) >= 11 is 1.61. The van der Waals surface area contributed by atoms with E-state index in [4.69, 9.17) is 9.84 Å². The van der Waals surface area contributed by atoms with Crippen LogP contribution in [0, 0.1) is 0 Å². The van der Waals surface area contributed by atoms with Gasteiger partial charge in [-0.1, -0.05) is 0 Å². The molecule has 0 saturated carbocycles. The lowest BCUT2D eigenvalue weighted by Crippen LogP contribution is -2.11. The van der Waals surface area contributed by atoms with Crippen molar-refractivity contribution in [3.05, 3.63) is 0 Å². The van der Waals surface area contributed by atoms with Crippen LogP contribution in [-0.4, -0.2) is 30.0 Å². The summed E-state index contributed by atoms with van der Waals surface area (Å²) in [6.45, 7) is 1.96. The van der Waals surface area contributed by atoms with E-state index in [0.717, 1.165) is 0 Å². The molecule has 0 bridgehead atoms. The Morgan fingerprint density at radius 3 is 2.75 bits per heavy atom. The van der Waals surface area contributed by atoms with E-state index in [9.17, 15) is 0 Å². The minimum Gasteiger partial charge on any atom is -0.394 e. The average Bonchev–Trinajstić information content (AvgIpc) is 1.83.